The highest BCUT2D eigenvalue weighted by atomic mass is 19.4. The summed E-state index contributed by atoms with van der Waals surface area (Å²) in [4.78, 5) is 24.5. The normalized spacial score (nSPS) is 21.3. The predicted octanol–water partition coefficient (Wildman–Crippen LogP) is 2.48. The van der Waals surface area contributed by atoms with Crippen LogP contribution < -0.4 is 4.74 Å². The maximum absolute atomic E-state index is 13.1. The van der Waals surface area contributed by atoms with Gasteiger partial charge in [-0.1, -0.05) is 0 Å². The number of amides is 1. The number of hydrogen-bond acceptors (Lipinski definition) is 3. The number of nitrogens with zero attached hydrogens (tertiary/aromatic N) is 1. The Balaban J connectivity index is 2.28. The van der Waals surface area contributed by atoms with Crippen LogP contribution in [0.15, 0.2) is 18.2 Å². The number of alkyl halides is 3. The molecular weight excluding hydrogens is 315 g/mol. The van der Waals surface area contributed by atoms with Crippen LogP contribution in [-0.4, -0.2) is 48.3 Å². The third kappa shape index (κ3) is 2.85. The number of hydrogen-bond donors (Lipinski definition) is 1. The van der Waals surface area contributed by atoms with Crippen molar-refractivity contribution in [1.82, 2.24) is 4.90 Å². The zero-order valence-electron chi connectivity index (χ0n) is 12.6. The average molecular weight is 331 g/mol. The van der Waals surface area contributed by atoms with Gasteiger partial charge < -0.3 is 14.7 Å². The first-order valence-electron chi connectivity index (χ1n) is 6.86. The number of benzene rings is 1. The molecule has 1 amide bonds. The maximum atomic E-state index is 13.1. The molecule has 0 bridgehead atoms. The van der Waals surface area contributed by atoms with Crippen LogP contribution in [0.3, 0.4) is 0 Å². The smallest absolute Gasteiger partial charge is 0.406 e. The van der Waals surface area contributed by atoms with E-state index in [1.54, 1.807) is 13.0 Å². The van der Waals surface area contributed by atoms with Crippen LogP contribution in [0.5, 0.6) is 5.75 Å². The van der Waals surface area contributed by atoms with Crippen molar-refractivity contribution >= 4 is 11.9 Å². The summed E-state index contributed by atoms with van der Waals surface area (Å²) in [6.07, 6.45) is -5.56. The Morgan fingerprint density at radius 3 is 2.43 bits per heavy atom. The van der Waals surface area contributed by atoms with Crippen molar-refractivity contribution in [3.8, 4) is 5.75 Å². The van der Waals surface area contributed by atoms with Crippen LogP contribution in [0.1, 0.15) is 22.3 Å². The zero-order valence-corrected chi connectivity index (χ0v) is 12.6. The highest BCUT2D eigenvalue weighted by Gasteiger charge is 2.64. The molecule has 1 aliphatic rings. The van der Waals surface area contributed by atoms with E-state index in [4.69, 9.17) is 9.84 Å². The second-order valence-electron chi connectivity index (χ2n) is 5.54. The molecule has 1 aromatic carbocycles. The van der Waals surface area contributed by atoms with Gasteiger partial charge in [0, 0.05) is 18.7 Å². The molecule has 1 unspecified atom stereocenters. The summed E-state index contributed by atoms with van der Waals surface area (Å²) in [6.45, 7) is 0.506. The molecule has 0 spiro atoms. The van der Waals surface area contributed by atoms with E-state index in [1.165, 1.54) is 19.2 Å². The second-order valence-corrected chi connectivity index (χ2v) is 5.54. The van der Waals surface area contributed by atoms with Crippen LogP contribution in [0.25, 0.3) is 0 Å². The number of carbonyl (C=O) groups excluding carboxylic acids is 1. The van der Waals surface area contributed by atoms with E-state index < -0.39 is 36.4 Å². The van der Waals surface area contributed by atoms with Crippen molar-refractivity contribution in [1.29, 1.82) is 0 Å². The van der Waals surface area contributed by atoms with Crippen molar-refractivity contribution in [3.05, 3.63) is 29.3 Å². The number of halogens is 3. The predicted molar refractivity (Wildman–Crippen MR) is 74.4 cm³/mol. The third-order valence-electron chi connectivity index (χ3n) is 4.17. The summed E-state index contributed by atoms with van der Waals surface area (Å²) in [5.41, 5.74) is -2.12. The van der Waals surface area contributed by atoms with Gasteiger partial charge in [0.1, 0.15) is 5.75 Å². The molecule has 1 heterocycles. The van der Waals surface area contributed by atoms with Gasteiger partial charge >= 0.3 is 12.1 Å². The lowest BCUT2D eigenvalue weighted by Crippen LogP contribution is -2.47. The Labute approximate surface area is 130 Å². The number of ether oxygens (including phenoxy) is 1. The zero-order chi connectivity index (χ0) is 17.4. The first-order chi connectivity index (χ1) is 10.6. The van der Waals surface area contributed by atoms with E-state index in [-0.39, 0.29) is 12.1 Å². The van der Waals surface area contributed by atoms with Gasteiger partial charge in [0.05, 0.1) is 7.11 Å². The Kier molecular flexibility index (Phi) is 4.28. The molecule has 126 valence electrons. The molecule has 2 rings (SSSR count). The first kappa shape index (κ1) is 17.1. The fourth-order valence-electron chi connectivity index (χ4n) is 2.68. The number of aliphatic carboxylic acids is 1. The second kappa shape index (κ2) is 5.75. The molecule has 0 aliphatic carbocycles. The minimum Gasteiger partial charge on any atom is -0.497 e. The van der Waals surface area contributed by atoms with Crippen LogP contribution >= 0.6 is 0 Å². The number of methoxy groups -OCH3 is 1. The molecule has 1 N–H and O–H groups in total. The molecule has 0 aromatic heterocycles. The third-order valence-corrected chi connectivity index (χ3v) is 4.17. The van der Waals surface area contributed by atoms with Crippen LogP contribution in [-0.2, 0) is 4.79 Å². The van der Waals surface area contributed by atoms with Gasteiger partial charge in [-0.15, -0.1) is 0 Å². The highest BCUT2D eigenvalue weighted by molar-refractivity contribution is 5.96. The average Bonchev–Trinajstić information content (AvgIpc) is 2.92. The molecule has 1 atom stereocenters. The fourth-order valence-corrected chi connectivity index (χ4v) is 2.68. The van der Waals surface area contributed by atoms with Crippen LogP contribution in [0.2, 0.25) is 0 Å². The summed E-state index contributed by atoms with van der Waals surface area (Å²) in [7, 11) is 1.46. The van der Waals surface area contributed by atoms with Crippen molar-refractivity contribution in [3.63, 3.8) is 0 Å². The molecule has 1 aromatic rings. The lowest BCUT2D eigenvalue weighted by Gasteiger charge is -2.27. The fraction of sp³-hybridized carbons (Fsp3) is 0.467. The number of aryl methyl sites for hydroxylation is 1. The van der Waals surface area contributed by atoms with E-state index in [0.717, 1.165) is 4.90 Å². The molecule has 23 heavy (non-hydrogen) atoms. The van der Waals surface area contributed by atoms with E-state index in [1.807, 2.05) is 0 Å². The maximum Gasteiger partial charge on any atom is 0.406 e. The molecular formula is C15H16F3NO4. The molecule has 0 saturated carbocycles. The summed E-state index contributed by atoms with van der Waals surface area (Å²) in [5, 5.41) is 9.02. The van der Waals surface area contributed by atoms with Gasteiger partial charge in [-0.25, -0.2) is 0 Å². The summed E-state index contributed by atoms with van der Waals surface area (Å²) >= 11 is 0. The lowest BCUT2D eigenvalue weighted by molar-refractivity contribution is -0.227. The van der Waals surface area contributed by atoms with Gasteiger partial charge in [-0.05, 0) is 37.1 Å². The molecule has 0 radical (unpaired) electrons. The molecule has 1 fully saturated rings. The molecule has 5 nitrogen and oxygen atoms in total. The van der Waals surface area contributed by atoms with E-state index in [2.05, 4.69) is 0 Å². The Bertz CT molecular complexity index is 644. The first-order valence-corrected chi connectivity index (χ1v) is 6.86. The van der Waals surface area contributed by atoms with Gasteiger partial charge in [0.25, 0.3) is 5.91 Å². The number of carboxylic acid groups (broad SMARTS) is 1. The molecule has 8 heteroatoms. The minimum atomic E-state index is -4.91. The topological polar surface area (TPSA) is 66.8 Å². The number of likely N-dealkylation sites (tertiary alicyclic amines) is 1. The standard InChI is InChI=1S/C15H16F3NO4/c1-9-7-10(23-2)3-4-11(9)12(20)19-6-5-14(8-19,13(21)22)15(16,17)18/h3-4,7H,5-6,8H2,1-2H3,(H,21,22). The summed E-state index contributed by atoms with van der Waals surface area (Å²) < 4.78 is 44.5. The van der Waals surface area contributed by atoms with E-state index in [9.17, 15) is 22.8 Å². The van der Waals surface area contributed by atoms with Gasteiger partial charge in [-0.3, -0.25) is 9.59 Å². The van der Waals surface area contributed by atoms with Gasteiger partial charge in [-0.2, -0.15) is 13.2 Å². The SMILES string of the molecule is COc1ccc(C(=O)N2CCC(C(=O)O)(C(F)(F)F)C2)c(C)c1. The van der Waals surface area contributed by atoms with Crippen molar-refractivity contribution in [2.45, 2.75) is 19.5 Å². The van der Waals surface area contributed by atoms with Crippen molar-refractivity contribution in [2.24, 2.45) is 5.41 Å². The summed E-state index contributed by atoms with van der Waals surface area (Å²) in [5.74, 6) is -2.04. The Morgan fingerprint density at radius 2 is 2.00 bits per heavy atom. The summed E-state index contributed by atoms with van der Waals surface area (Å²) in [6, 6.07) is 4.59. The van der Waals surface area contributed by atoms with Gasteiger partial charge in [0.2, 0.25) is 0 Å². The van der Waals surface area contributed by atoms with E-state index in [0.29, 0.717) is 11.3 Å². The quantitative estimate of drug-likeness (QED) is 0.924. The van der Waals surface area contributed by atoms with Crippen molar-refractivity contribution < 1.29 is 32.6 Å². The number of rotatable bonds is 3. The lowest BCUT2D eigenvalue weighted by atomic mass is 9.86. The highest BCUT2D eigenvalue weighted by Crippen LogP contribution is 2.46. The molecule has 1 saturated heterocycles. The van der Waals surface area contributed by atoms with Crippen molar-refractivity contribution in [2.75, 3.05) is 20.2 Å². The van der Waals surface area contributed by atoms with Crippen LogP contribution in [0.4, 0.5) is 13.2 Å². The number of carbonyl (C=O) groups is 2. The Morgan fingerprint density at radius 1 is 1.35 bits per heavy atom. The monoisotopic (exact) mass is 331 g/mol. The number of carboxylic acids is 1. The molecule has 1 aliphatic heterocycles. The largest absolute Gasteiger partial charge is 0.497 e. The van der Waals surface area contributed by atoms with Crippen LogP contribution in [0, 0.1) is 12.3 Å². The minimum absolute atomic E-state index is 0.231. The van der Waals surface area contributed by atoms with E-state index >= 15 is 0 Å². The Hall–Kier alpha value is -2.25. The van der Waals surface area contributed by atoms with Gasteiger partial charge in [0.15, 0.2) is 5.41 Å².